The Hall–Kier alpha value is -5.53. The number of hydrogen-bond acceptors (Lipinski definition) is 0. The van der Waals surface area contributed by atoms with E-state index in [1.165, 1.54) is 10.8 Å². The molecule has 0 saturated carbocycles. The van der Waals surface area contributed by atoms with Crippen LogP contribution in [0.2, 0.25) is 0 Å². The third kappa shape index (κ3) is 5.24. The van der Waals surface area contributed by atoms with Gasteiger partial charge in [-0.1, -0.05) is 155 Å². The van der Waals surface area contributed by atoms with Gasteiger partial charge in [0.2, 0.25) is 0 Å². The Morgan fingerprint density at radius 2 is 0.604 bits per heavy atom. The van der Waals surface area contributed by atoms with E-state index in [1.807, 2.05) is 60.7 Å². The van der Waals surface area contributed by atoms with Crippen molar-refractivity contribution in [2.45, 2.75) is 0 Å². The van der Waals surface area contributed by atoms with E-state index in [2.05, 4.69) is 78.9 Å². The van der Waals surface area contributed by atoms with Crippen LogP contribution in [-0.2, 0) is 0 Å². The molecule has 0 atom stereocenters. The van der Waals surface area contributed by atoms with E-state index >= 15 is 0 Å². The highest BCUT2D eigenvalue weighted by molar-refractivity contribution is 6.69. The molecule has 0 aromatic heterocycles. The lowest BCUT2D eigenvalue weighted by Crippen LogP contribution is -2.48. The second kappa shape index (κ2) is 12.9. The number of benzene rings is 9. The minimum Gasteiger partial charge on any atom is -0.110 e. The highest BCUT2D eigenvalue weighted by Gasteiger charge is 2.25. The fourth-order valence-electron chi connectivity index (χ4n) is 7.96. The fraction of sp³-hybridized carbons (Fsp3) is 0. The van der Waals surface area contributed by atoms with Crippen LogP contribution in [0.1, 0.15) is 0 Å². The normalized spacial score (nSPS) is 11.5. The summed E-state index contributed by atoms with van der Waals surface area (Å²) >= 11 is 0. The molecule has 228 valence electrons. The number of hydrogen-bond donors (Lipinski definition) is 0. The molecule has 0 saturated heterocycles. The Morgan fingerprint density at radius 3 is 1.17 bits per heavy atom. The Kier molecular flexibility index (Phi) is 8.08. The highest BCUT2D eigenvalue weighted by Crippen LogP contribution is 2.42. The first kappa shape index (κ1) is 33.3. The molecule has 0 nitrogen and oxygen atoms in total. The zero-order valence-corrected chi connectivity index (χ0v) is 28.8. The van der Waals surface area contributed by atoms with Gasteiger partial charge in [0.15, 0.2) is 0 Å². The van der Waals surface area contributed by atoms with Crippen molar-refractivity contribution in [3.63, 3.8) is 0 Å². The SMILES string of the molecule is [B]c1c([B])c([B])c2c(-c3ccc(-c4ccc5ccccc5c4)cc3)c3c([B])c(-c4ccccc4)c([B])c([B])c3c(-c3ccc4ccccc4c3)c2c1[B]. The first-order valence-corrected chi connectivity index (χ1v) is 17.4. The van der Waals surface area contributed by atoms with Crippen molar-refractivity contribution in [1.82, 2.24) is 0 Å². The van der Waals surface area contributed by atoms with E-state index < -0.39 is 0 Å². The van der Waals surface area contributed by atoms with Gasteiger partial charge >= 0.3 is 0 Å². The molecule has 9 aromatic rings. The lowest BCUT2D eigenvalue weighted by Gasteiger charge is -2.29. The predicted molar refractivity (Wildman–Crippen MR) is 236 cm³/mol. The van der Waals surface area contributed by atoms with Crippen molar-refractivity contribution in [3.8, 4) is 44.5 Å². The maximum absolute atomic E-state index is 7.35. The molecular weight excluding hydrogens is 628 g/mol. The molecular formula is C46H23B7. The lowest BCUT2D eigenvalue weighted by atomic mass is 9.60. The summed E-state index contributed by atoms with van der Waals surface area (Å²) in [5, 5.41) is 7.09. The van der Waals surface area contributed by atoms with Crippen LogP contribution in [0.25, 0.3) is 87.6 Å². The molecule has 9 rings (SSSR count). The van der Waals surface area contributed by atoms with E-state index in [4.69, 9.17) is 54.9 Å². The van der Waals surface area contributed by atoms with Crippen LogP contribution < -0.4 is 38.2 Å². The van der Waals surface area contributed by atoms with Crippen LogP contribution in [-0.4, -0.2) is 54.9 Å². The van der Waals surface area contributed by atoms with Crippen molar-refractivity contribution in [1.29, 1.82) is 0 Å². The van der Waals surface area contributed by atoms with E-state index in [0.717, 1.165) is 49.7 Å². The molecule has 0 unspecified atom stereocenters. The summed E-state index contributed by atoms with van der Waals surface area (Å²) in [7, 11) is 48.9. The third-order valence-electron chi connectivity index (χ3n) is 10.6. The van der Waals surface area contributed by atoms with Gasteiger partial charge in [0, 0.05) is 0 Å². The molecule has 0 heterocycles. The molecule has 0 aliphatic rings. The van der Waals surface area contributed by atoms with Crippen molar-refractivity contribution >= 4 is 136 Å². The van der Waals surface area contributed by atoms with Crippen LogP contribution in [0.15, 0.2) is 140 Å². The summed E-state index contributed by atoms with van der Waals surface area (Å²) in [6.45, 7) is 0. The maximum Gasteiger partial charge on any atom is 0.115 e. The zero-order valence-electron chi connectivity index (χ0n) is 28.8. The Balaban J connectivity index is 1.45. The standard InChI is InChI=1S/C46H23B7/c47-40-35(27-10-2-1-3-11-27)41(48)42(49)38-34(32-21-17-25-9-5-7-13-30(25)23-32)39-37(43(50)45(52)46(53)44(39)51)33(36(38)40)28-18-14-26(15-19-28)31-20-16-24-8-4-6-12-29(24)22-31/h1-23H. The van der Waals surface area contributed by atoms with E-state index in [-0.39, 0.29) is 10.9 Å². The first-order chi connectivity index (χ1) is 25.7. The van der Waals surface area contributed by atoms with Gasteiger partial charge in [-0.3, -0.25) is 0 Å². The Morgan fingerprint density at radius 1 is 0.226 bits per heavy atom. The maximum atomic E-state index is 7.35. The molecule has 9 aromatic carbocycles. The molecule has 53 heavy (non-hydrogen) atoms. The van der Waals surface area contributed by atoms with Crippen LogP contribution >= 0.6 is 0 Å². The predicted octanol–water partition coefficient (Wildman–Crippen LogP) is 4.52. The molecule has 0 N–H and O–H groups in total. The summed E-state index contributed by atoms with van der Waals surface area (Å²) in [6.07, 6.45) is 0. The van der Waals surface area contributed by atoms with Gasteiger partial charge < -0.3 is 0 Å². The second-order valence-electron chi connectivity index (χ2n) is 13.6. The van der Waals surface area contributed by atoms with Crippen LogP contribution in [0, 0.1) is 0 Å². The molecule has 0 amide bonds. The summed E-state index contributed by atoms with van der Waals surface area (Å²) in [5.74, 6) is 0. The highest BCUT2D eigenvalue weighted by atomic mass is 14.3. The van der Waals surface area contributed by atoms with E-state index in [1.54, 1.807) is 0 Å². The minimum atomic E-state index is 0.203. The summed E-state index contributed by atoms with van der Waals surface area (Å²) < 4.78 is 0. The molecule has 0 aliphatic carbocycles. The van der Waals surface area contributed by atoms with Gasteiger partial charge in [0.1, 0.15) is 54.9 Å². The van der Waals surface area contributed by atoms with E-state index in [0.29, 0.717) is 54.4 Å². The summed E-state index contributed by atoms with van der Waals surface area (Å²) in [4.78, 5) is 0. The summed E-state index contributed by atoms with van der Waals surface area (Å²) in [5.41, 5.74) is 9.02. The lowest BCUT2D eigenvalue weighted by molar-refractivity contribution is 1.63. The summed E-state index contributed by atoms with van der Waals surface area (Å²) in [6, 6.07) is 47.3. The van der Waals surface area contributed by atoms with Crippen LogP contribution in [0.5, 0.6) is 0 Å². The van der Waals surface area contributed by atoms with Gasteiger partial charge in [-0.2, -0.15) is 0 Å². The van der Waals surface area contributed by atoms with Crippen LogP contribution in [0.4, 0.5) is 0 Å². The van der Waals surface area contributed by atoms with E-state index in [9.17, 15) is 0 Å². The van der Waals surface area contributed by atoms with Gasteiger partial charge in [-0.05, 0) is 99.7 Å². The molecule has 14 radical (unpaired) electrons. The average Bonchev–Trinajstić information content (AvgIpc) is 3.20. The first-order valence-electron chi connectivity index (χ1n) is 17.4. The molecule has 0 aliphatic heterocycles. The van der Waals surface area contributed by atoms with Gasteiger partial charge in [-0.25, -0.2) is 0 Å². The molecule has 0 spiro atoms. The fourth-order valence-corrected chi connectivity index (χ4v) is 7.96. The van der Waals surface area contributed by atoms with Gasteiger partial charge in [0.05, 0.1) is 0 Å². The average molecular weight is 651 g/mol. The molecule has 0 bridgehead atoms. The van der Waals surface area contributed by atoms with Crippen molar-refractivity contribution in [3.05, 3.63) is 140 Å². The third-order valence-corrected chi connectivity index (χ3v) is 10.6. The second-order valence-corrected chi connectivity index (χ2v) is 13.6. The smallest absolute Gasteiger partial charge is 0.110 e. The van der Waals surface area contributed by atoms with Gasteiger partial charge in [0.25, 0.3) is 0 Å². The van der Waals surface area contributed by atoms with Crippen molar-refractivity contribution in [2.24, 2.45) is 0 Å². The van der Waals surface area contributed by atoms with Crippen LogP contribution in [0.3, 0.4) is 0 Å². The molecule has 0 fully saturated rings. The monoisotopic (exact) mass is 652 g/mol. The largest absolute Gasteiger partial charge is 0.115 e. The number of rotatable bonds is 4. The molecule has 7 heteroatoms. The number of fused-ring (bicyclic) bond motifs is 4. The Bertz CT molecular complexity index is 2950. The quantitative estimate of drug-likeness (QED) is 0.194. The zero-order chi connectivity index (χ0) is 36.5. The van der Waals surface area contributed by atoms with Crippen molar-refractivity contribution in [2.75, 3.05) is 0 Å². The van der Waals surface area contributed by atoms with Crippen molar-refractivity contribution < 1.29 is 0 Å². The topological polar surface area (TPSA) is 0 Å². The minimum absolute atomic E-state index is 0.203. The Labute approximate surface area is 318 Å². The van der Waals surface area contributed by atoms with Gasteiger partial charge in [-0.15, -0.1) is 10.9 Å².